The van der Waals surface area contributed by atoms with Gasteiger partial charge in [-0.3, -0.25) is 4.79 Å². The number of anilines is 1. The fourth-order valence-corrected chi connectivity index (χ4v) is 4.11. The van der Waals surface area contributed by atoms with Gasteiger partial charge in [-0.2, -0.15) is 8.78 Å². The molecule has 0 saturated heterocycles. The second-order valence-corrected chi connectivity index (χ2v) is 9.08. The Balaban J connectivity index is 2.03. The van der Waals surface area contributed by atoms with Gasteiger partial charge in [0.25, 0.3) is 5.91 Å². The number of benzene rings is 1. The van der Waals surface area contributed by atoms with Gasteiger partial charge in [0.05, 0.1) is 23.1 Å². The van der Waals surface area contributed by atoms with Gasteiger partial charge in [-0.05, 0) is 43.7 Å². The second kappa shape index (κ2) is 9.30. The maximum absolute atomic E-state index is 12.5. The molecule has 0 radical (unpaired) electrons. The lowest BCUT2D eigenvalue weighted by Crippen LogP contribution is -2.21. The summed E-state index contributed by atoms with van der Waals surface area (Å²) in [5, 5.41) is 2.72. The summed E-state index contributed by atoms with van der Waals surface area (Å²) in [6.07, 6.45) is 0. The fraction of sp³-hybridized carbons (Fsp3) is 0.278. The predicted octanol–water partition coefficient (Wildman–Crippen LogP) is 2.94. The van der Waals surface area contributed by atoms with Crippen molar-refractivity contribution in [2.24, 2.45) is 0 Å². The van der Waals surface area contributed by atoms with Crippen LogP contribution in [0.1, 0.15) is 31.2 Å². The molecule has 1 N–H and O–H groups in total. The summed E-state index contributed by atoms with van der Waals surface area (Å²) in [7, 11) is -3.57. The molecule has 0 aliphatic heterocycles. The van der Waals surface area contributed by atoms with Gasteiger partial charge >= 0.3 is 17.7 Å². The molecular weight excluding hydrogens is 444 g/mol. The van der Waals surface area contributed by atoms with E-state index in [1.807, 2.05) is 0 Å². The van der Waals surface area contributed by atoms with Gasteiger partial charge in [-0.15, -0.1) is 11.3 Å². The summed E-state index contributed by atoms with van der Waals surface area (Å²) >= 11 is 1.16. The van der Waals surface area contributed by atoms with Crippen LogP contribution in [0, 0.1) is 13.8 Å². The number of sulfone groups is 1. The SMILES string of the molecule is COC(=O)c1c(NC(=O)COC(=O)c2ccc(S(=O)(=O)C(F)F)cc2)sc(C)c1C. The fourth-order valence-electron chi connectivity index (χ4n) is 2.32. The van der Waals surface area contributed by atoms with E-state index in [0.717, 1.165) is 40.5 Å². The third-order valence-electron chi connectivity index (χ3n) is 4.02. The summed E-state index contributed by atoms with van der Waals surface area (Å²) in [6.45, 7) is 2.78. The van der Waals surface area contributed by atoms with Crippen LogP contribution in [0.15, 0.2) is 29.2 Å². The van der Waals surface area contributed by atoms with Gasteiger partial charge < -0.3 is 14.8 Å². The van der Waals surface area contributed by atoms with Crippen molar-refractivity contribution in [1.82, 2.24) is 0 Å². The zero-order valence-corrected chi connectivity index (χ0v) is 17.7. The Morgan fingerprint density at radius 3 is 2.23 bits per heavy atom. The van der Waals surface area contributed by atoms with E-state index in [1.54, 1.807) is 13.8 Å². The van der Waals surface area contributed by atoms with Crippen LogP contribution in [0.4, 0.5) is 13.8 Å². The Hall–Kier alpha value is -2.86. The molecule has 0 spiro atoms. The molecule has 1 aromatic carbocycles. The number of ether oxygens (including phenoxy) is 2. The van der Waals surface area contributed by atoms with E-state index in [1.165, 1.54) is 7.11 Å². The number of carbonyl (C=O) groups is 3. The number of methoxy groups -OCH3 is 1. The number of esters is 2. The molecule has 0 fully saturated rings. The molecule has 1 aromatic heterocycles. The average molecular weight is 461 g/mol. The molecule has 2 rings (SSSR count). The third-order valence-corrected chi connectivity index (χ3v) is 6.54. The molecule has 0 aliphatic rings. The van der Waals surface area contributed by atoms with Gasteiger partial charge in [-0.25, -0.2) is 18.0 Å². The Labute approximate surface area is 174 Å². The quantitative estimate of drug-likeness (QED) is 0.630. The molecule has 0 unspecified atom stereocenters. The summed E-state index contributed by atoms with van der Waals surface area (Å²) in [6, 6.07) is 3.68. The molecule has 30 heavy (non-hydrogen) atoms. The first-order valence-electron chi connectivity index (χ1n) is 8.26. The maximum atomic E-state index is 12.5. The number of halogens is 2. The normalized spacial score (nSPS) is 11.3. The van der Waals surface area contributed by atoms with E-state index in [-0.39, 0.29) is 16.1 Å². The highest BCUT2D eigenvalue weighted by Crippen LogP contribution is 2.32. The number of aryl methyl sites for hydroxylation is 1. The molecule has 1 amide bonds. The summed E-state index contributed by atoms with van der Waals surface area (Å²) < 4.78 is 57.3. The van der Waals surface area contributed by atoms with E-state index >= 15 is 0 Å². The van der Waals surface area contributed by atoms with Crippen LogP contribution in [0.2, 0.25) is 0 Å². The summed E-state index contributed by atoms with van der Waals surface area (Å²) in [5.41, 5.74) is 0.725. The van der Waals surface area contributed by atoms with Crippen molar-refractivity contribution in [3.05, 3.63) is 45.8 Å². The number of alkyl halides is 2. The molecule has 8 nitrogen and oxygen atoms in total. The van der Waals surface area contributed by atoms with E-state index in [0.29, 0.717) is 5.56 Å². The Bertz CT molecular complexity index is 1080. The standard InChI is InChI=1S/C18H17F2NO7S2/c1-9-10(2)29-15(14(9)17(24)27-3)21-13(22)8-28-16(23)11-4-6-12(7-5-11)30(25,26)18(19)20/h4-7,18H,8H2,1-3H3,(H,21,22). The topological polar surface area (TPSA) is 116 Å². The predicted molar refractivity (Wildman–Crippen MR) is 104 cm³/mol. The van der Waals surface area contributed by atoms with Gasteiger partial charge in [0.15, 0.2) is 6.61 Å². The molecule has 2 aromatic rings. The van der Waals surface area contributed by atoms with Crippen LogP contribution in [-0.2, 0) is 24.1 Å². The first-order valence-corrected chi connectivity index (χ1v) is 10.6. The van der Waals surface area contributed by atoms with E-state index in [2.05, 4.69) is 5.32 Å². The number of carbonyl (C=O) groups excluding carboxylic acids is 3. The lowest BCUT2D eigenvalue weighted by molar-refractivity contribution is -0.119. The molecular formula is C18H17F2NO7S2. The van der Waals surface area contributed by atoms with E-state index in [9.17, 15) is 31.6 Å². The minimum absolute atomic E-state index is 0.130. The number of thiophene rings is 1. The number of hydrogen-bond acceptors (Lipinski definition) is 8. The van der Waals surface area contributed by atoms with Gasteiger partial charge in [0.1, 0.15) is 5.00 Å². The Morgan fingerprint density at radius 2 is 1.70 bits per heavy atom. The first kappa shape index (κ1) is 23.4. The zero-order chi connectivity index (χ0) is 22.6. The molecule has 0 saturated carbocycles. The van der Waals surface area contributed by atoms with Crippen molar-refractivity contribution < 1.29 is 41.1 Å². The molecule has 1 heterocycles. The summed E-state index contributed by atoms with van der Waals surface area (Å²) in [4.78, 5) is 36.1. The molecule has 0 bridgehead atoms. The van der Waals surface area contributed by atoms with Crippen molar-refractivity contribution in [2.45, 2.75) is 24.5 Å². The van der Waals surface area contributed by atoms with Gasteiger partial charge in [0, 0.05) is 4.88 Å². The van der Waals surface area contributed by atoms with Crippen molar-refractivity contribution in [1.29, 1.82) is 0 Å². The third kappa shape index (κ3) is 5.00. The van der Waals surface area contributed by atoms with Crippen molar-refractivity contribution in [2.75, 3.05) is 19.0 Å². The van der Waals surface area contributed by atoms with Crippen LogP contribution in [0.25, 0.3) is 0 Å². The number of nitrogens with one attached hydrogen (secondary N) is 1. The van der Waals surface area contributed by atoms with Crippen LogP contribution in [0.5, 0.6) is 0 Å². The van der Waals surface area contributed by atoms with Crippen molar-refractivity contribution >= 4 is 44.0 Å². The number of amides is 1. The van der Waals surface area contributed by atoms with Crippen LogP contribution < -0.4 is 5.32 Å². The smallest absolute Gasteiger partial charge is 0.341 e. The van der Waals surface area contributed by atoms with Crippen molar-refractivity contribution in [3.8, 4) is 0 Å². The Morgan fingerprint density at radius 1 is 1.10 bits per heavy atom. The molecule has 0 atom stereocenters. The highest BCUT2D eigenvalue weighted by Gasteiger charge is 2.27. The average Bonchev–Trinajstić information content (AvgIpc) is 2.98. The minimum atomic E-state index is -4.78. The number of hydrogen-bond donors (Lipinski definition) is 1. The monoisotopic (exact) mass is 461 g/mol. The van der Waals surface area contributed by atoms with Gasteiger partial charge in [0.2, 0.25) is 9.84 Å². The summed E-state index contributed by atoms with van der Waals surface area (Å²) in [5.74, 6) is -5.88. The van der Waals surface area contributed by atoms with Crippen LogP contribution in [-0.4, -0.2) is 45.7 Å². The Kier molecular flexibility index (Phi) is 7.26. The molecule has 162 valence electrons. The largest absolute Gasteiger partial charge is 0.465 e. The lowest BCUT2D eigenvalue weighted by atomic mass is 10.1. The zero-order valence-electron chi connectivity index (χ0n) is 16.0. The maximum Gasteiger partial charge on any atom is 0.341 e. The number of rotatable bonds is 7. The second-order valence-electron chi connectivity index (χ2n) is 5.93. The highest BCUT2D eigenvalue weighted by atomic mass is 32.2. The van der Waals surface area contributed by atoms with E-state index in [4.69, 9.17) is 9.47 Å². The molecule has 0 aliphatic carbocycles. The van der Waals surface area contributed by atoms with Crippen LogP contribution >= 0.6 is 11.3 Å². The first-order chi connectivity index (χ1) is 14.0. The highest BCUT2D eigenvalue weighted by molar-refractivity contribution is 7.91. The van der Waals surface area contributed by atoms with Crippen LogP contribution in [0.3, 0.4) is 0 Å². The lowest BCUT2D eigenvalue weighted by Gasteiger charge is -2.08. The van der Waals surface area contributed by atoms with E-state index < -0.39 is 44.9 Å². The molecule has 12 heteroatoms. The van der Waals surface area contributed by atoms with Crippen molar-refractivity contribution in [3.63, 3.8) is 0 Å². The van der Waals surface area contributed by atoms with Gasteiger partial charge in [-0.1, -0.05) is 0 Å². The minimum Gasteiger partial charge on any atom is -0.465 e.